The number of aliphatic carboxylic acids is 1. The molecule has 0 fully saturated rings. The Morgan fingerprint density at radius 1 is 1.57 bits per heavy atom. The summed E-state index contributed by atoms with van der Waals surface area (Å²) in [4.78, 5) is 20.2. The smallest absolute Gasteiger partial charge is 0.339 e. The molecule has 1 rings (SSSR count). The van der Waals surface area contributed by atoms with Gasteiger partial charge in [-0.3, -0.25) is 10.1 Å². The molecular weight excluding hydrogens is 190 g/mol. The molecule has 0 atom stereocenters. The quantitative estimate of drug-likeness (QED) is 0.508. The number of hydrogen-bond donors (Lipinski definition) is 2. The number of aliphatic hydroxyl groups excluding tert-OH is 1. The Hall–Kier alpha value is -2.11. The zero-order chi connectivity index (χ0) is 10.7. The van der Waals surface area contributed by atoms with Crippen molar-refractivity contribution < 1.29 is 19.9 Å². The Bertz CT molecular complexity index is 377. The molecular formula is C8H7NO5. The first-order valence-electron chi connectivity index (χ1n) is 3.69. The molecule has 0 bridgehead atoms. The van der Waals surface area contributed by atoms with Gasteiger partial charge in [-0.1, -0.05) is 6.08 Å². The summed E-state index contributed by atoms with van der Waals surface area (Å²) < 4.78 is 0. The van der Waals surface area contributed by atoms with Crippen molar-refractivity contribution in [2.24, 2.45) is 0 Å². The van der Waals surface area contributed by atoms with E-state index < -0.39 is 16.7 Å². The van der Waals surface area contributed by atoms with Crippen LogP contribution in [0.3, 0.4) is 0 Å². The molecule has 2 N–H and O–H groups in total. The Labute approximate surface area is 78.6 Å². The molecule has 6 nitrogen and oxygen atoms in total. The summed E-state index contributed by atoms with van der Waals surface area (Å²) >= 11 is 0. The molecule has 0 aliphatic heterocycles. The predicted molar refractivity (Wildman–Crippen MR) is 46.1 cm³/mol. The van der Waals surface area contributed by atoms with E-state index in [1.807, 2.05) is 0 Å². The highest BCUT2D eigenvalue weighted by Crippen LogP contribution is 2.18. The van der Waals surface area contributed by atoms with Gasteiger partial charge in [0, 0.05) is 6.08 Å². The molecule has 74 valence electrons. The van der Waals surface area contributed by atoms with Crippen LogP contribution in [0.2, 0.25) is 0 Å². The van der Waals surface area contributed by atoms with E-state index in [2.05, 4.69) is 0 Å². The fourth-order valence-electron chi connectivity index (χ4n) is 0.997. The summed E-state index contributed by atoms with van der Waals surface area (Å²) in [6, 6.07) is 0. The van der Waals surface area contributed by atoms with Crippen LogP contribution in [-0.2, 0) is 4.79 Å². The largest absolute Gasteiger partial charge is 0.511 e. The van der Waals surface area contributed by atoms with Crippen molar-refractivity contribution in [2.45, 2.75) is 6.42 Å². The number of nitro groups is 1. The molecule has 0 amide bonds. The van der Waals surface area contributed by atoms with Crippen molar-refractivity contribution in [2.75, 3.05) is 0 Å². The molecule has 0 unspecified atom stereocenters. The van der Waals surface area contributed by atoms with Gasteiger partial charge in [0.1, 0.15) is 5.76 Å². The fraction of sp³-hybridized carbons (Fsp3) is 0.125. The Balaban J connectivity index is 3.04. The van der Waals surface area contributed by atoms with E-state index in [1.165, 1.54) is 6.08 Å². The first kappa shape index (κ1) is 9.97. The second kappa shape index (κ2) is 3.73. The van der Waals surface area contributed by atoms with Gasteiger partial charge in [0.05, 0.1) is 16.9 Å². The molecule has 0 aromatic carbocycles. The lowest BCUT2D eigenvalue weighted by molar-refractivity contribution is -0.427. The lowest BCUT2D eigenvalue weighted by atomic mass is 10.2. The maximum absolute atomic E-state index is 10.5. The number of aliphatic hydroxyl groups is 1. The Morgan fingerprint density at radius 3 is 2.71 bits per heavy atom. The average molecular weight is 197 g/mol. The number of carbonyl (C=O) groups is 1. The molecule has 0 spiro atoms. The van der Waals surface area contributed by atoms with E-state index in [0.29, 0.717) is 0 Å². The van der Waals surface area contributed by atoms with Crippen molar-refractivity contribution in [3.05, 3.63) is 45.4 Å². The summed E-state index contributed by atoms with van der Waals surface area (Å²) in [5.41, 5.74) is -0.562. The third kappa shape index (κ3) is 1.98. The van der Waals surface area contributed by atoms with E-state index in [-0.39, 0.29) is 17.7 Å². The zero-order valence-corrected chi connectivity index (χ0v) is 7.01. The van der Waals surface area contributed by atoms with Gasteiger partial charge in [0.2, 0.25) is 0 Å². The van der Waals surface area contributed by atoms with Gasteiger partial charge in [0.15, 0.2) is 0 Å². The summed E-state index contributed by atoms with van der Waals surface area (Å²) in [7, 11) is 0. The zero-order valence-electron chi connectivity index (χ0n) is 7.01. The number of allylic oxidation sites excluding steroid dienone is 2. The van der Waals surface area contributed by atoms with Gasteiger partial charge in [-0.15, -0.1) is 0 Å². The molecule has 0 aromatic heterocycles. The highest BCUT2D eigenvalue weighted by atomic mass is 16.6. The summed E-state index contributed by atoms with van der Waals surface area (Å²) in [5.74, 6) is -1.81. The van der Waals surface area contributed by atoms with Crippen molar-refractivity contribution in [1.29, 1.82) is 0 Å². The van der Waals surface area contributed by atoms with Gasteiger partial charge in [0.25, 0.3) is 5.70 Å². The van der Waals surface area contributed by atoms with E-state index in [1.54, 1.807) is 0 Å². The highest BCUT2D eigenvalue weighted by molar-refractivity contribution is 5.90. The lowest BCUT2D eigenvalue weighted by Crippen LogP contribution is -2.04. The monoisotopic (exact) mass is 197 g/mol. The molecule has 0 saturated heterocycles. The number of nitrogens with zero attached hydrogens (tertiary/aromatic N) is 1. The second-order valence-corrected chi connectivity index (χ2v) is 2.62. The first-order valence-corrected chi connectivity index (χ1v) is 3.69. The Morgan fingerprint density at radius 2 is 2.21 bits per heavy atom. The third-order valence-electron chi connectivity index (χ3n) is 1.68. The van der Waals surface area contributed by atoms with E-state index >= 15 is 0 Å². The minimum Gasteiger partial charge on any atom is -0.511 e. The SMILES string of the molecule is O=C(O)C1=C(O)CC([N+](=O)[O-])=CC=C1. The summed E-state index contributed by atoms with van der Waals surface area (Å²) in [6.07, 6.45) is 3.13. The van der Waals surface area contributed by atoms with Crippen molar-refractivity contribution >= 4 is 5.97 Å². The van der Waals surface area contributed by atoms with Crippen LogP contribution in [0.4, 0.5) is 0 Å². The lowest BCUT2D eigenvalue weighted by Gasteiger charge is -1.99. The van der Waals surface area contributed by atoms with Crippen LogP contribution < -0.4 is 0 Å². The van der Waals surface area contributed by atoms with Gasteiger partial charge < -0.3 is 10.2 Å². The molecule has 0 radical (unpaired) electrons. The van der Waals surface area contributed by atoms with Crippen LogP contribution in [-0.4, -0.2) is 21.1 Å². The highest BCUT2D eigenvalue weighted by Gasteiger charge is 2.20. The van der Waals surface area contributed by atoms with Crippen molar-refractivity contribution in [3.63, 3.8) is 0 Å². The van der Waals surface area contributed by atoms with Crippen LogP contribution in [0.15, 0.2) is 35.3 Å². The summed E-state index contributed by atoms with van der Waals surface area (Å²) in [5, 5.41) is 28.2. The van der Waals surface area contributed by atoms with Crippen LogP contribution in [0.25, 0.3) is 0 Å². The van der Waals surface area contributed by atoms with E-state index in [0.717, 1.165) is 12.2 Å². The third-order valence-corrected chi connectivity index (χ3v) is 1.68. The molecule has 14 heavy (non-hydrogen) atoms. The number of rotatable bonds is 2. The molecule has 6 heteroatoms. The molecule has 1 aliphatic carbocycles. The van der Waals surface area contributed by atoms with Crippen LogP contribution in [0.1, 0.15) is 6.42 Å². The normalized spacial score (nSPS) is 16.1. The second-order valence-electron chi connectivity index (χ2n) is 2.62. The average Bonchev–Trinajstić information content (AvgIpc) is 2.26. The van der Waals surface area contributed by atoms with Gasteiger partial charge in [-0.05, 0) is 6.08 Å². The van der Waals surface area contributed by atoms with Crippen LogP contribution in [0, 0.1) is 10.1 Å². The van der Waals surface area contributed by atoms with Crippen molar-refractivity contribution in [3.8, 4) is 0 Å². The van der Waals surface area contributed by atoms with Crippen molar-refractivity contribution in [1.82, 2.24) is 0 Å². The van der Waals surface area contributed by atoms with E-state index in [9.17, 15) is 20.0 Å². The number of carboxylic acids is 1. The predicted octanol–water partition coefficient (Wildman–Crippen LogP) is 1.00. The Kier molecular flexibility index (Phi) is 2.66. The van der Waals surface area contributed by atoms with Gasteiger partial charge >= 0.3 is 5.97 Å². The molecule has 1 aliphatic rings. The summed E-state index contributed by atoms with van der Waals surface area (Å²) in [6.45, 7) is 0. The minimum absolute atomic E-state index is 0.241. The molecule has 0 heterocycles. The fourth-order valence-corrected chi connectivity index (χ4v) is 0.997. The van der Waals surface area contributed by atoms with E-state index in [4.69, 9.17) is 5.11 Å². The van der Waals surface area contributed by atoms with Crippen LogP contribution >= 0.6 is 0 Å². The maximum atomic E-state index is 10.5. The van der Waals surface area contributed by atoms with Crippen LogP contribution in [0.5, 0.6) is 0 Å². The maximum Gasteiger partial charge on any atom is 0.339 e. The molecule has 0 saturated carbocycles. The number of carboxylic acid groups (broad SMARTS) is 1. The van der Waals surface area contributed by atoms with Gasteiger partial charge in [-0.25, -0.2) is 4.79 Å². The standard InChI is InChI=1S/C8H7NO5/c10-7-4-5(9(13)14)2-1-3-6(7)8(11)12/h1-3,10H,4H2,(H,11,12). The molecule has 0 aromatic rings. The first-order chi connectivity index (χ1) is 6.52. The number of hydrogen-bond acceptors (Lipinski definition) is 4. The topological polar surface area (TPSA) is 101 Å². The van der Waals surface area contributed by atoms with Gasteiger partial charge in [-0.2, -0.15) is 0 Å². The minimum atomic E-state index is -1.31.